The van der Waals surface area contributed by atoms with E-state index in [-0.39, 0.29) is 12.6 Å². The summed E-state index contributed by atoms with van der Waals surface area (Å²) in [5.41, 5.74) is 1.01. The van der Waals surface area contributed by atoms with E-state index >= 15 is 0 Å². The Bertz CT molecular complexity index is 549. The first kappa shape index (κ1) is 17.9. The van der Waals surface area contributed by atoms with Gasteiger partial charge in [-0.15, -0.1) is 0 Å². The highest BCUT2D eigenvalue weighted by molar-refractivity contribution is 5.74. The Balaban J connectivity index is 1.45. The molecule has 7 heteroatoms. The Morgan fingerprint density at radius 1 is 1.20 bits per heavy atom. The first-order chi connectivity index (χ1) is 12.2. The third-order valence-electron chi connectivity index (χ3n) is 5.24. The molecule has 2 fully saturated rings. The van der Waals surface area contributed by atoms with Crippen LogP contribution < -0.4 is 10.2 Å². The van der Waals surface area contributed by atoms with Gasteiger partial charge in [0.25, 0.3) is 0 Å². The van der Waals surface area contributed by atoms with Crippen molar-refractivity contribution in [1.82, 2.24) is 20.1 Å². The van der Waals surface area contributed by atoms with Gasteiger partial charge in [-0.25, -0.2) is 9.78 Å². The summed E-state index contributed by atoms with van der Waals surface area (Å²) in [6.45, 7) is 6.29. The molecule has 0 bridgehead atoms. The molecule has 0 saturated carbocycles. The van der Waals surface area contributed by atoms with Crippen molar-refractivity contribution in [3.8, 4) is 0 Å². The topological polar surface area (TPSA) is 71.9 Å². The number of rotatable bonds is 4. The van der Waals surface area contributed by atoms with Gasteiger partial charge in [-0.3, -0.25) is 0 Å². The first-order valence-corrected chi connectivity index (χ1v) is 9.18. The quantitative estimate of drug-likeness (QED) is 0.841. The number of aromatic nitrogens is 1. The van der Waals surface area contributed by atoms with Crippen molar-refractivity contribution in [2.45, 2.75) is 19.4 Å². The van der Waals surface area contributed by atoms with Crippen LogP contribution in [-0.4, -0.2) is 78.8 Å². The van der Waals surface area contributed by atoms with Gasteiger partial charge < -0.3 is 25.1 Å². The summed E-state index contributed by atoms with van der Waals surface area (Å²) in [7, 11) is 2.14. The Labute approximate surface area is 149 Å². The van der Waals surface area contributed by atoms with E-state index in [1.807, 2.05) is 23.2 Å². The number of likely N-dealkylation sites (tertiary alicyclic amines) is 1. The third-order valence-corrected chi connectivity index (χ3v) is 5.24. The number of carbonyl (C=O) groups is 1. The van der Waals surface area contributed by atoms with E-state index in [9.17, 15) is 4.79 Å². The van der Waals surface area contributed by atoms with E-state index in [1.54, 1.807) is 0 Å². The van der Waals surface area contributed by atoms with Crippen molar-refractivity contribution >= 4 is 11.8 Å². The maximum atomic E-state index is 12.2. The second-order valence-electron chi connectivity index (χ2n) is 7.09. The minimum atomic E-state index is -0.0282. The molecule has 2 aliphatic rings. The van der Waals surface area contributed by atoms with Crippen LogP contribution in [0.1, 0.15) is 18.4 Å². The number of urea groups is 1. The van der Waals surface area contributed by atoms with Gasteiger partial charge in [0.15, 0.2) is 0 Å². The lowest BCUT2D eigenvalue weighted by Crippen LogP contribution is -2.45. The molecule has 2 aliphatic heterocycles. The molecule has 3 heterocycles. The molecule has 3 rings (SSSR count). The minimum Gasteiger partial charge on any atom is -0.396 e. The fraction of sp³-hybridized carbons (Fsp3) is 0.667. The number of amides is 2. The summed E-state index contributed by atoms with van der Waals surface area (Å²) >= 11 is 0. The van der Waals surface area contributed by atoms with Crippen molar-refractivity contribution in [2.24, 2.45) is 5.92 Å². The summed E-state index contributed by atoms with van der Waals surface area (Å²) in [4.78, 5) is 23.2. The van der Waals surface area contributed by atoms with Crippen molar-refractivity contribution in [1.29, 1.82) is 0 Å². The number of anilines is 1. The van der Waals surface area contributed by atoms with E-state index in [0.29, 0.717) is 12.5 Å². The number of piperidine rings is 1. The largest absolute Gasteiger partial charge is 0.396 e. The van der Waals surface area contributed by atoms with E-state index in [4.69, 9.17) is 5.11 Å². The fourth-order valence-electron chi connectivity index (χ4n) is 3.35. The van der Waals surface area contributed by atoms with Crippen LogP contribution in [0, 0.1) is 5.92 Å². The fourth-order valence-corrected chi connectivity index (χ4v) is 3.35. The second kappa shape index (κ2) is 8.49. The van der Waals surface area contributed by atoms with Crippen LogP contribution in [0.3, 0.4) is 0 Å². The predicted octanol–water partition coefficient (Wildman–Crippen LogP) is 0.747. The van der Waals surface area contributed by atoms with Gasteiger partial charge in [-0.05, 0) is 37.4 Å². The van der Waals surface area contributed by atoms with E-state index in [0.717, 1.165) is 63.5 Å². The smallest absolute Gasteiger partial charge is 0.317 e. The van der Waals surface area contributed by atoms with Crippen LogP contribution in [-0.2, 0) is 6.54 Å². The van der Waals surface area contributed by atoms with Gasteiger partial charge in [0.1, 0.15) is 5.82 Å². The Morgan fingerprint density at radius 2 is 1.92 bits per heavy atom. The molecule has 2 N–H and O–H groups in total. The van der Waals surface area contributed by atoms with Gasteiger partial charge in [0, 0.05) is 58.6 Å². The van der Waals surface area contributed by atoms with E-state index < -0.39 is 0 Å². The Hall–Kier alpha value is -1.86. The molecule has 1 aromatic heterocycles. The summed E-state index contributed by atoms with van der Waals surface area (Å²) in [6.07, 6.45) is 3.61. The number of carbonyl (C=O) groups excluding carboxylic acids is 1. The minimum absolute atomic E-state index is 0.0282. The van der Waals surface area contributed by atoms with Gasteiger partial charge in [0.2, 0.25) is 0 Å². The molecule has 0 unspecified atom stereocenters. The van der Waals surface area contributed by atoms with Crippen LogP contribution in [0.5, 0.6) is 0 Å². The molecule has 2 amide bonds. The number of hydrogen-bond acceptors (Lipinski definition) is 5. The molecule has 0 aromatic carbocycles. The molecule has 1 aromatic rings. The number of piperazine rings is 1. The molecular formula is C18H29N5O2. The second-order valence-corrected chi connectivity index (χ2v) is 7.09. The van der Waals surface area contributed by atoms with Crippen LogP contribution >= 0.6 is 0 Å². The van der Waals surface area contributed by atoms with Crippen molar-refractivity contribution in [3.05, 3.63) is 23.9 Å². The summed E-state index contributed by atoms with van der Waals surface area (Å²) in [6, 6.07) is 4.05. The highest BCUT2D eigenvalue weighted by Crippen LogP contribution is 2.17. The zero-order valence-corrected chi connectivity index (χ0v) is 15.0. The third kappa shape index (κ3) is 4.83. The molecule has 25 heavy (non-hydrogen) atoms. The molecule has 0 spiro atoms. The van der Waals surface area contributed by atoms with E-state index in [2.05, 4.69) is 27.1 Å². The Morgan fingerprint density at radius 3 is 2.52 bits per heavy atom. The van der Waals surface area contributed by atoms with Gasteiger partial charge in [-0.1, -0.05) is 6.07 Å². The number of pyridine rings is 1. The van der Waals surface area contributed by atoms with Crippen LogP contribution in [0.4, 0.5) is 10.6 Å². The molecule has 2 saturated heterocycles. The lowest BCUT2D eigenvalue weighted by molar-refractivity contribution is 0.137. The standard InChI is InChI=1S/C18H29N5O2/c1-21-8-10-22(11-9-21)17-3-2-16(12-19-17)13-20-18(25)23-6-4-15(14-24)5-7-23/h2-3,12,15,24H,4-11,13-14H2,1H3,(H,20,25). The monoisotopic (exact) mass is 347 g/mol. The maximum Gasteiger partial charge on any atom is 0.317 e. The van der Waals surface area contributed by atoms with Gasteiger partial charge in [0.05, 0.1) is 0 Å². The number of nitrogens with one attached hydrogen (secondary N) is 1. The van der Waals surface area contributed by atoms with Crippen LogP contribution in [0.25, 0.3) is 0 Å². The highest BCUT2D eigenvalue weighted by Gasteiger charge is 2.22. The van der Waals surface area contributed by atoms with Crippen LogP contribution in [0.15, 0.2) is 18.3 Å². The molecular weight excluding hydrogens is 318 g/mol. The molecule has 7 nitrogen and oxygen atoms in total. The number of aliphatic hydroxyl groups excluding tert-OH is 1. The molecule has 138 valence electrons. The number of nitrogens with zero attached hydrogens (tertiary/aromatic N) is 4. The zero-order chi connectivity index (χ0) is 17.6. The van der Waals surface area contributed by atoms with Crippen molar-refractivity contribution in [2.75, 3.05) is 57.8 Å². The average Bonchev–Trinajstić information content (AvgIpc) is 2.67. The van der Waals surface area contributed by atoms with Crippen LogP contribution in [0.2, 0.25) is 0 Å². The van der Waals surface area contributed by atoms with Crippen molar-refractivity contribution in [3.63, 3.8) is 0 Å². The number of likely N-dealkylation sites (N-methyl/N-ethyl adjacent to an activating group) is 1. The highest BCUT2D eigenvalue weighted by atomic mass is 16.3. The number of aliphatic hydroxyl groups is 1. The number of hydrogen-bond donors (Lipinski definition) is 2. The average molecular weight is 347 g/mol. The Kier molecular flexibility index (Phi) is 6.09. The summed E-state index contributed by atoms with van der Waals surface area (Å²) < 4.78 is 0. The molecule has 0 atom stereocenters. The predicted molar refractivity (Wildman–Crippen MR) is 97.6 cm³/mol. The lowest BCUT2D eigenvalue weighted by atomic mass is 9.98. The summed E-state index contributed by atoms with van der Waals surface area (Å²) in [5, 5.41) is 12.1. The zero-order valence-electron chi connectivity index (χ0n) is 15.0. The van der Waals surface area contributed by atoms with E-state index in [1.165, 1.54) is 0 Å². The van der Waals surface area contributed by atoms with Gasteiger partial charge in [-0.2, -0.15) is 0 Å². The normalized spacial score (nSPS) is 19.9. The van der Waals surface area contributed by atoms with Crippen molar-refractivity contribution < 1.29 is 9.90 Å². The lowest BCUT2D eigenvalue weighted by Gasteiger charge is -2.33. The molecule has 0 radical (unpaired) electrons. The SMILES string of the molecule is CN1CCN(c2ccc(CNC(=O)N3CCC(CO)CC3)cn2)CC1. The van der Waals surface area contributed by atoms with Gasteiger partial charge >= 0.3 is 6.03 Å². The first-order valence-electron chi connectivity index (χ1n) is 9.18. The maximum absolute atomic E-state index is 12.2. The summed E-state index contributed by atoms with van der Waals surface area (Å²) in [5.74, 6) is 1.35. The molecule has 0 aliphatic carbocycles.